The van der Waals surface area contributed by atoms with Crippen LogP contribution in [0.25, 0.3) is 10.8 Å². The third-order valence-corrected chi connectivity index (χ3v) is 2.91. The van der Waals surface area contributed by atoms with Gasteiger partial charge in [-0.1, -0.05) is 42.5 Å². The van der Waals surface area contributed by atoms with Gasteiger partial charge in [-0.15, -0.1) is 0 Å². The normalized spacial score (nSPS) is 11.8. The fourth-order valence-electron chi connectivity index (χ4n) is 2.07. The first-order valence-corrected chi connectivity index (χ1v) is 5.86. The van der Waals surface area contributed by atoms with Gasteiger partial charge in [0.1, 0.15) is 6.42 Å². The average Bonchev–Trinajstić information content (AvgIpc) is 2.38. The van der Waals surface area contributed by atoms with Crippen LogP contribution >= 0.6 is 0 Å². The molecule has 3 nitrogen and oxygen atoms in total. The fourth-order valence-corrected chi connectivity index (χ4v) is 2.07. The Morgan fingerprint density at radius 2 is 2.00 bits per heavy atom. The van der Waals surface area contributed by atoms with Crippen LogP contribution in [0.4, 0.5) is 0 Å². The maximum atomic E-state index is 11.4. The van der Waals surface area contributed by atoms with E-state index < -0.39 is 0 Å². The number of hydrogen-bond donors (Lipinski definition) is 1. The lowest BCUT2D eigenvalue weighted by Gasteiger charge is -2.15. The van der Waals surface area contributed by atoms with E-state index in [-0.39, 0.29) is 18.4 Å². The van der Waals surface area contributed by atoms with Gasteiger partial charge in [-0.3, -0.25) is 4.79 Å². The molecule has 0 aliphatic rings. The van der Waals surface area contributed by atoms with Crippen LogP contribution in [0, 0.1) is 11.3 Å². The summed E-state index contributed by atoms with van der Waals surface area (Å²) in [5.41, 5.74) is 1.07. The van der Waals surface area contributed by atoms with E-state index >= 15 is 0 Å². The van der Waals surface area contributed by atoms with E-state index in [0.29, 0.717) is 0 Å². The zero-order chi connectivity index (χ0) is 13.0. The van der Waals surface area contributed by atoms with Gasteiger partial charge in [0.2, 0.25) is 5.91 Å². The molecule has 1 amide bonds. The van der Waals surface area contributed by atoms with E-state index in [1.165, 1.54) is 0 Å². The second-order valence-electron chi connectivity index (χ2n) is 4.19. The van der Waals surface area contributed by atoms with Gasteiger partial charge in [0, 0.05) is 0 Å². The summed E-state index contributed by atoms with van der Waals surface area (Å²) < 4.78 is 0. The SMILES string of the molecule is C[C@H](NC(=O)CC#N)c1cccc2ccccc12. The second-order valence-corrected chi connectivity index (χ2v) is 4.19. The van der Waals surface area contributed by atoms with Crippen molar-refractivity contribution in [3.05, 3.63) is 48.0 Å². The van der Waals surface area contributed by atoms with Crippen LogP contribution in [0.15, 0.2) is 42.5 Å². The van der Waals surface area contributed by atoms with Crippen molar-refractivity contribution in [3.8, 4) is 6.07 Å². The summed E-state index contributed by atoms with van der Waals surface area (Å²) in [6.45, 7) is 1.93. The van der Waals surface area contributed by atoms with Crippen LogP contribution in [0.1, 0.15) is 24.9 Å². The highest BCUT2D eigenvalue weighted by molar-refractivity contribution is 5.87. The molecule has 2 aromatic rings. The maximum absolute atomic E-state index is 11.4. The van der Waals surface area contributed by atoms with Crippen molar-refractivity contribution in [2.75, 3.05) is 0 Å². The molecule has 90 valence electrons. The highest BCUT2D eigenvalue weighted by atomic mass is 16.1. The molecular formula is C15H14N2O. The Morgan fingerprint density at radius 3 is 2.78 bits per heavy atom. The van der Waals surface area contributed by atoms with Gasteiger partial charge in [-0.2, -0.15) is 5.26 Å². The predicted molar refractivity (Wildman–Crippen MR) is 70.7 cm³/mol. The van der Waals surface area contributed by atoms with Crippen LogP contribution in [-0.4, -0.2) is 5.91 Å². The highest BCUT2D eigenvalue weighted by Crippen LogP contribution is 2.23. The predicted octanol–water partition coefficient (Wildman–Crippen LogP) is 2.93. The summed E-state index contributed by atoms with van der Waals surface area (Å²) in [6.07, 6.45) is -0.102. The van der Waals surface area contributed by atoms with Crippen molar-refractivity contribution in [2.24, 2.45) is 0 Å². The summed E-state index contributed by atoms with van der Waals surface area (Å²) in [4.78, 5) is 11.4. The van der Waals surface area contributed by atoms with Crippen molar-refractivity contribution in [2.45, 2.75) is 19.4 Å². The molecule has 18 heavy (non-hydrogen) atoms. The van der Waals surface area contributed by atoms with Crippen LogP contribution in [0.3, 0.4) is 0 Å². The highest BCUT2D eigenvalue weighted by Gasteiger charge is 2.11. The Bertz CT molecular complexity index is 608. The maximum Gasteiger partial charge on any atom is 0.234 e. The third kappa shape index (κ3) is 2.49. The van der Waals surface area contributed by atoms with Crippen molar-refractivity contribution in [1.82, 2.24) is 5.32 Å². The smallest absolute Gasteiger partial charge is 0.234 e. The van der Waals surface area contributed by atoms with E-state index in [1.807, 2.05) is 55.5 Å². The van der Waals surface area contributed by atoms with Crippen molar-refractivity contribution in [1.29, 1.82) is 5.26 Å². The van der Waals surface area contributed by atoms with E-state index in [1.54, 1.807) is 0 Å². The lowest BCUT2D eigenvalue weighted by atomic mass is 9.99. The lowest BCUT2D eigenvalue weighted by molar-refractivity contribution is -0.120. The van der Waals surface area contributed by atoms with Crippen LogP contribution in [0.5, 0.6) is 0 Å². The van der Waals surface area contributed by atoms with Gasteiger partial charge in [0.25, 0.3) is 0 Å². The Hall–Kier alpha value is -2.34. The molecule has 2 rings (SSSR count). The molecule has 0 bridgehead atoms. The molecule has 3 heteroatoms. The summed E-state index contributed by atoms with van der Waals surface area (Å²) >= 11 is 0. The summed E-state index contributed by atoms with van der Waals surface area (Å²) in [7, 11) is 0. The fraction of sp³-hybridized carbons (Fsp3) is 0.200. The van der Waals surface area contributed by atoms with Crippen molar-refractivity contribution in [3.63, 3.8) is 0 Å². The van der Waals surface area contributed by atoms with E-state index in [9.17, 15) is 4.79 Å². The summed E-state index contributed by atoms with van der Waals surface area (Å²) in [6, 6.07) is 15.8. The zero-order valence-corrected chi connectivity index (χ0v) is 10.2. The quantitative estimate of drug-likeness (QED) is 0.893. The summed E-state index contributed by atoms with van der Waals surface area (Å²) in [5, 5.41) is 13.6. The topological polar surface area (TPSA) is 52.9 Å². The molecule has 0 unspecified atom stereocenters. The minimum Gasteiger partial charge on any atom is -0.349 e. The number of nitriles is 1. The number of benzene rings is 2. The summed E-state index contributed by atoms with van der Waals surface area (Å²) in [5.74, 6) is -0.238. The Morgan fingerprint density at radius 1 is 1.28 bits per heavy atom. The minimum atomic E-state index is -0.238. The monoisotopic (exact) mass is 238 g/mol. The minimum absolute atomic E-state index is 0.100. The molecule has 0 fully saturated rings. The Labute approximate surface area is 106 Å². The van der Waals surface area contributed by atoms with Crippen LogP contribution in [0.2, 0.25) is 0 Å². The van der Waals surface area contributed by atoms with Crippen molar-refractivity contribution < 1.29 is 4.79 Å². The Kier molecular flexibility index (Phi) is 3.59. The van der Waals surface area contributed by atoms with E-state index in [4.69, 9.17) is 5.26 Å². The molecule has 0 heterocycles. The van der Waals surface area contributed by atoms with Gasteiger partial charge in [0.15, 0.2) is 0 Å². The molecule has 0 spiro atoms. The number of rotatable bonds is 3. The molecule has 0 saturated carbocycles. The number of nitrogens with one attached hydrogen (secondary N) is 1. The first-order chi connectivity index (χ1) is 8.72. The third-order valence-electron chi connectivity index (χ3n) is 2.91. The Balaban J connectivity index is 2.31. The van der Waals surface area contributed by atoms with Crippen LogP contribution in [-0.2, 0) is 4.79 Å². The van der Waals surface area contributed by atoms with E-state index in [0.717, 1.165) is 16.3 Å². The lowest BCUT2D eigenvalue weighted by Crippen LogP contribution is -2.26. The molecule has 2 aromatic carbocycles. The zero-order valence-electron chi connectivity index (χ0n) is 10.2. The molecular weight excluding hydrogens is 224 g/mol. The molecule has 0 saturated heterocycles. The number of hydrogen-bond acceptors (Lipinski definition) is 2. The standard InChI is InChI=1S/C15H14N2O/c1-11(17-15(18)9-10-16)13-8-4-6-12-5-2-3-7-14(12)13/h2-8,11H,9H2,1H3,(H,17,18)/t11-/m0/s1. The molecule has 0 aromatic heterocycles. The van der Waals surface area contributed by atoms with Crippen molar-refractivity contribution >= 4 is 16.7 Å². The molecule has 1 atom stereocenters. The molecule has 1 N–H and O–H groups in total. The van der Waals surface area contributed by atoms with Gasteiger partial charge < -0.3 is 5.32 Å². The number of fused-ring (bicyclic) bond motifs is 1. The van der Waals surface area contributed by atoms with Gasteiger partial charge in [0.05, 0.1) is 12.1 Å². The van der Waals surface area contributed by atoms with E-state index in [2.05, 4.69) is 5.32 Å². The van der Waals surface area contributed by atoms with Gasteiger partial charge >= 0.3 is 0 Å². The number of carbonyl (C=O) groups is 1. The van der Waals surface area contributed by atoms with Gasteiger partial charge in [-0.25, -0.2) is 0 Å². The average molecular weight is 238 g/mol. The molecule has 0 radical (unpaired) electrons. The second kappa shape index (κ2) is 5.33. The number of nitrogens with zero attached hydrogens (tertiary/aromatic N) is 1. The van der Waals surface area contributed by atoms with Crippen LogP contribution < -0.4 is 5.32 Å². The number of amides is 1. The number of carbonyl (C=O) groups excluding carboxylic acids is 1. The molecule has 0 aliphatic heterocycles. The van der Waals surface area contributed by atoms with Gasteiger partial charge in [-0.05, 0) is 23.3 Å². The largest absolute Gasteiger partial charge is 0.349 e. The first kappa shape index (κ1) is 12.1. The molecule has 0 aliphatic carbocycles. The first-order valence-electron chi connectivity index (χ1n) is 5.86.